The zero-order chi connectivity index (χ0) is 13.1. The van der Waals surface area contributed by atoms with Crippen LogP contribution in [0.1, 0.15) is 5.56 Å². The molecule has 0 aromatic heterocycles. The van der Waals surface area contributed by atoms with Crippen molar-refractivity contribution in [2.24, 2.45) is 0 Å². The molecule has 0 atom stereocenters. The van der Waals surface area contributed by atoms with Crippen molar-refractivity contribution in [1.82, 2.24) is 0 Å². The van der Waals surface area contributed by atoms with Gasteiger partial charge in [-0.05, 0) is 36.4 Å². The Morgan fingerprint density at radius 1 is 1.22 bits per heavy atom. The lowest BCUT2D eigenvalue weighted by atomic mass is 10.2. The van der Waals surface area contributed by atoms with Gasteiger partial charge in [0.15, 0.2) is 0 Å². The van der Waals surface area contributed by atoms with Gasteiger partial charge in [0.05, 0.1) is 11.3 Å². The number of nitriles is 1. The third-order valence-electron chi connectivity index (χ3n) is 2.30. The van der Waals surface area contributed by atoms with Gasteiger partial charge in [-0.3, -0.25) is 0 Å². The van der Waals surface area contributed by atoms with Crippen LogP contribution in [-0.2, 0) is 0 Å². The van der Waals surface area contributed by atoms with Crippen LogP contribution in [0.4, 0.5) is 21.5 Å². The molecule has 0 saturated carbocycles. The summed E-state index contributed by atoms with van der Waals surface area (Å²) in [6, 6.07) is 10.9. The highest BCUT2D eigenvalue weighted by molar-refractivity contribution is 6.30. The Kier molecular flexibility index (Phi) is 3.35. The van der Waals surface area contributed by atoms with Gasteiger partial charge in [-0.1, -0.05) is 11.6 Å². The van der Waals surface area contributed by atoms with E-state index in [0.29, 0.717) is 27.6 Å². The van der Waals surface area contributed by atoms with Gasteiger partial charge < -0.3 is 11.1 Å². The molecule has 2 aromatic carbocycles. The lowest BCUT2D eigenvalue weighted by Gasteiger charge is -2.09. The van der Waals surface area contributed by atoms with E-state index < -0.39 is 5.82 Å². The predicted octanol–water partition coefficient (Wildman–Crippen LogP) is 3.68. The lowest BCUT2D eigenvalue weighted by molar-refractivity contribution is 0.629. The molecule has 3 N–H and O–H groups in total. The maximum absolute atomic E-state index is 13.2. The highest BCUT2D eigenvalue weighted by atomic mass is 35.5. The van der Waals surface area contributed by atoms with E-state index in [0.717, 1.165) is 0 Å². The summed E-state index contributed by atoms with van der Waals surface area (Å²) < 4.78 is 13.2. The van der Waals surface area contributed by atoms with Crippen molar-refractivity contribution in [2.75, 3.05) is 11.1 Å². The number of rotatable bonds is 2. The number of hydrogen-bond acceptors (Lipinski definition) is 3. The number of halogens is 2. The molecule has 0 radical (unpaired) electrons. The van der Waals surface area contributed by atoms with Crippen LogP contribution in [0.5, 0.6) is 0 Å². The Labute approximate surface area is 109 Å². The summed E-state index contributed by atoms with van der Waals surface area (Å²) in [4.78, 5) is 0. The minimum Gasteiger partial charge on any atom is -0.399 e. The van der Waals surface area contributed by atoms with Crippen molar-refractivity contribution < 1.29 is 4.39 Å². The molecule has 0 aliphatic carbocycles. The second-order valence-corrected chi connectivity index (χ2v) is 4.14. The first-order valence-corrected chi connectivity index (χ1v) is 5.49. The molecule has 0 unspecified atom stereocenters. The van der Waals surface area contributed by atoms with Gasteiger partial charge in [0.25, 0.3) is 0 Å². The molecule has 0 bridgehead atoms. The lowest BCUT2D eigenvalue weighted by Crippen LogP contribution is -1.96. The maximum Gasteiger partial charge on any atom is 0.127 e. The zero-order valence-corrected chi connectivity index (χ0v) is 10.0. The average Bonchev–Trinajstić information content (AvgIpc) is 2.27. The van der Waals surface area contributed by atoms with Gasteiger partial charge in [0.1, 0.15) is 11.9 Å². The Bertz CT molecular complexity index is 614. The van der Waals surface area contributed by atoms with Crippen molar-refractivity contribution in [3.8, 4) is 6.07 Å². The van der Waals surface area contributed by atoms with Crippen molar-refractivity contribution >= 4 is 28.7 Å². The monoisotopic (exact) mass is 261 g/mol. The molecule has 0 saturated heterocycles. The predicted molar refractivity (Wildman–Crippen MR) is 70.3 cm³/mol. The molecule has 5 heteroatoms. The fraction of sp³-hybridized carbons (Fsp3) is 0. The number of benzene rings is 2. The Morgan fingerprint density at radius 3 is 2.67 bits per heavy atom. The number of nitrogens with zero attached hydrogens (tertiary/aromatic N) is 1. The number of nitrogens with two attached hydrogens (primary N) is 1. The van der Waals surface area contributed by atoms with E-state index in [2.05, 4.69) is 5.32 Å². The second-order valence-electron chi connectivity index (χ2n) is 3.70. The van der Waals surface area contributed by atoms with Crippen LogP contribution in [0.25, 0.3) is 0 Å². The Hall–Kier alpha value is -2.25. The smallest absolute Gasteiger partial charge is 0.127 e. The topological polar surface area (TPSA) is 61.8 Å². The van der Waals surface area contributed by atoms with Gasteiger partial charge >= 0.3 is 0 Å². The van der Waals surface area contributed by atoms with Gasteiger partial charge in [-0.25, -0.2) is 4.39 Å². The van der Waals surface area contributed by atoms with Crippen LogP contribution in [0.15, 0.2) is 36.4 Å². The van der Waals surface area contributed by atoms with Gasteiger partial charge in [0, 0.05) is 16.4 Å². The summed E-state index contributed by atoms with van der Waals surface area (Å²) in [6.07, 6.45) is 0. The summed E-state index contributed by atoms with van der Waals surface area (Å²) in [6.45, 7) is 0. The first-order chi connectivity index (χ1) is 8.58. The van der Waals surface area contributed by atoms with Crippen LogP contribution in [0, 0.1) is 17.1 Å². The van der Waals surface area contributed by atoms with Crippen LogP contribution >= 0.6 is 11.6 Å². The first kappa shape index (κ1) is 12.2. The van der Waals surface area contributed by atoms with E-state index >= 15 is 0 Å². The fourth-order valence-corrected chi connectivity index (χ4v) is 1.73. The number of nitrogen functional groups attached to an aromatic ring is 1. The zero-order valence-electron chi connectivity index (χ0n) is 9.24. The fourth-order valence-electron chi connectivity index (χ4n) is 1.56. The second kappa shape index (κ2) is 4.94. The highest BCUT2D eigenvalue weighted by Crippen LogP contribution is 2.25. The molecule has 0 fully saturated rings. The van der Waals surface area contributed by atoms with Gasteiger partial charge in [-0.15, -0.1) is 0 Å². The van der Waals surface area contributed by atoms with E-state index in [1.54, 1.807) is 24.3 Å². The number of nitrogens with one attached hydrogen (secondary N) is 1. The summed E-state index contributed by atoms with van der Waals surface area (Å²) in [5.41, 5.74) is 7.24. The third-order valence-corrected chi connectivity index (χ3v) is 2.54. The molecule has 18 heavy (non-hydrogen) atoms. The van der Waals surface area contributed by atoms with E-state index in [4.69, 9.17) is 22.6 Å². The van der Waals surface area contributed by atoms with Crippen molar-refractivity contribution in [3.63, 3.8) is 0 Å². The molecule has 3 nitrogen and oxygen atoms in total. The molecule has 0 aliphatic rings. The Morgan fingerprint density at radius 2 is 2.00 bits per heavy atom. The van der Waals surface area contributed by atoms with Crippen LogP contribution in [0.2, 0.25) is 5.02 Å². The van der Waals surface area contributed by atoms with E-state index in [-0.39, 0.29) is 0 Å². The highest BCUT2D eigenvalue weighted by Gasteiger charge is 2.05. The normalized spacial score (nSPS) is 9.83. The molecule has 0 aliphatic heterocycles. The number of hydrogen-bond donors (Lipinski definition) is 2. The quantitative estimate of drug-likeness (QED) is 0.811. The minimum atomic E-state index is -0.446. The molecule has 2 rings (SSSR count). The van der Waals surface area contributed by atoms with Crippen molar-refractivity contribution in [3.05, 3.63) is 52.8 Å². The third kappa shape index (κ3) is 2.70. The Balaban J connectivity index is 2.39. The standard InChI is InChI=1S/C13H9ClFN3/c14-9-2-1-8(7-16)13(3-9)18-12-5-10(15)4-11(17)6-12/h1-6,18H,17H2. The average molecular weight is 262 g/mol. The van der Waals surface area contributed by atoms with Gasteiger partial charge in [0.2, 0.25) is 0 Å². The molecule has 90 valence electrons. The summed E-state index contributed by atoms with van der Waals surface area (Å²) >= 11 is 5.85. The maximum atomic E-state index is 13.2. The largest absolute Gasteiger partial charge is 0.399 e. The molecule has 2 aromatic rings. The van der Waals surface area contributed by atoms with Crippen molar-refractivity contribution in [2.45, 2.75) is 0 Å². The molecule has 0 spiro atoms. The van der Waals surface area contributed by atoms with Gasteiger partial charge in [-0.2, -0.15) is 5.26 Å². The van der Waals surface area contributed by atoms with E-state index in [1.165, 1.54) is 12.1 Å². The minimum absolute atomic E-state index is 0.304. The SMILES string of the molecule is N#Cc1ccc(Cl)cc1Nc1cc(N)cc(F)c1. The summed E-state index contributed by atoms with van der Waals surface area (Å²) in [7, 11) is 0. The van der Waals surface area contributed by atoms with E-state index in [9.17, 15) is 4.39 Å². The molecule has 0 heterocycles. The van der Waals surface area contributed by atoms with Crippen molar-refractivity contribution in [1.29, 1.82) is 5.26 Å². The van der Waals surface area contributed by atoms with Crippen LogP contribution < -0.4 is 11.1 Å². The summed E-state index contributed by atoms with van der Waals surface area (Å²) in [5.74, 6) is -0.446. The first-order valence-electron chi connectivity index (χ1n) is 5.11. The molecular weight excluding hydrogens is 253 g/mol. The molecule has 0 amide bonds. The van der Waals surface area contributed by atoms with E-state index in [1.807, 2.05) is 6.07 Å². The van der Waals surface area contributed by atoms with Crippen LogP contribution in [-0.4, -0.2) is 0 Å². The van der Waals surface area contributed by atoms with Crippen LogP contribution in [0.3, 0.4) is 0 Å². The molecular formula is C13H9ClFN3. The summed E-state index contributed by atoms with van der Waals surface area (Å²) in [5, 5.41) is 12.4. The number of anilines is 3.